The van der Waals surface area contributed by atoms with Crippen LogP contribution in [0.3, 0.4) is 0 Å². The highest BCUT2D eigenvalue weighted by atomic mass is 16.5. The molecular formula is C25H17N9O2. The van der Waals surface area contributed by atoms with Crippen LogP contribution in [0.1, 0.15) is 17.0 Å². The summed E-state index contributed by atoms with van der Waals surface area (Å²) in [6.45, 7) is -0.0707. The van der Waals surface area contributed by atoms with E-state index in [2.05, 4.69) is 26.1 Å². The Morgan fingerprint density at radius 3 is 2.69 bits per heavy atom. The highest BCUT2D eigenvalue weighted by molar-refractivity contribution is 5.90. The van der Waals surface area contributed by atoms with Crippen LogP contribution in [0.15, 0.2) is 65.7 Å². The minimum atomic E-state index is -0.176. The predicted molar refractivity (Wildman–Crippen MR) is 129 cm³/mol. The van der Waals surface area contributed by atoms with Crippen molar-refractivity contribution in [3.8, 4) is 40.4 Å². The van der Waals surface area contributed by atoms with Crippen LogP contribution in [0.4, 0.5) is 5.95 Å². The zero-order valence-electron chi connectivity index (χ0n) is 19.0. The van der Waals surface area contributed by atoms with Gasteiger partial charge in [-0.1, -0.05) is 12.1 Å². The van der Waals surface area contributed by atoms with E-state index in [4.69, 9.17) is 10.5 Å². The average Bonchev–Trinajstić information content (AvgIpc) is 3.34. The third-order valence-electron chi connectivity index (χ3n) is 5.42. The lowest BCUT2D eigenvalue weighted by atomic mass is 10.00. The lowest BCUT2D eigenvalue weighted by molar-refractivity contribution is 0.283. The SMILES string of the molecule is Cn1cc(-c2c(-c3cccc(C#N)c3)nc(N)n3nc(COc4ncccc4C#N)nc23)ccc1=O. The predicted octanol–water partition coefficient (Wildman–Crippen LogP) is 2.46. The molecule has 0 aliphatic heterocycles. The molecule has 11 heteroatoms. The standard InChI is InChI=1S/C25H17N9O2/c1-33-13-18(7-8-20(33)35)21-22(16-5-2-4-15(10-16)11-26)31-25(28)34-23(21)30-19(32-34)14-36-24-17(12-27)6-3-9-29-24/h2-10,13H,14H2,1H3,(H2,28,31). The zero-order valence-corrected chi connectivity index (χ0v) is 19.0. The second kappa shape index (κ2) is 9.00. The minimum absolute atomic E-state index is 0.0707. The lowest BCUT2D eigenvalue weighted by Crippen LogP contribution is -2.14. The Labute approximate surface area is 204 Å². The van der Waals surface area contributed by atoms with E-state index < -0.39 is 0 Å². The van der Waals surface area contributed by atoms with Crippen molar-refractivity contribution in [2.75, 3.05) is 5.73 Å². The molecule has 0 unspecified atom stereocenters. The number of anilines is 1. The molecule has 36 heavy (non-hydrogen) atoms. The van der Waals surface area contributed by atoms with E-state index in [0.717, 1.165) is 0 Å². The molecule has 0 aliphatic carbocycles. The molecule has 1 aromatic carbocycles. The summed E-state index contributed by atoms with van der Waals surface area (Å²) < 4.78 is 8.53. The number of benzene rings is 1. The maximum Gasteiger partial charge on any atom is 0.250 e. The molecule has 0 bridgehead atoms. The van der Waals surface area contributed by atoms with Gasteiger partial charge in [0, 0.05) is 36.6 Å². The third-order valence-corrected chi connectivity index (χ3v) is 5.42. The number of ether oxygens (including phenoxy) is 1. The maximum absolute atomic E-state index is 12.0. The molecule has 11 nitrogen and oxygen atoms in total. The normalized spacial score (nSPS) is 10.6. The Hall–Kier alpha value is -5.55. The van der Waals surface area contributed by atoms with Crippen molar-refractivity contribution in [2.45, 2.75) is 6.61 Å². The van der Waals surface area contributed by atoms with Crippen molar-refractivity contribution in [3.63, 3.8) is 0 Å². The molecule has 0 spiro atoms. The number of hydrogen-bond donors (Lipinski definition) is 1. The molecule has 174 valence electrons. The molecule has 0 fully saturated rings. The van der Waals surface area contributed by atoms with Gasteiger partial charge in [-0.05, 0) is 30.3 Å². The first-order valence-electron chi connectivity index (χ1n) is 10.7. The van der Waals surface area contributed by atoms with Gasteiger partial charge in [0.25, 0.3) is 0 Å². The number of nitriles is 2. The van der Waals surface area contributed by atoms with Crippen LogP contribution in [0.2, 0.25) is 0 Å². The van der Waals surface area contributed by atoms with Crippen LogP contribution in [0.25, 0.3) is 28.0 Å². The van der Waals surface area contributed by atoms with Crippen LogP contribution < -0.4 is 16.0 Å². The number of pyridine rings is 2. The van der Waals surface area contributed by atoms with E-state index in [-0.39, 0.29) is 35.4 Å². The smallest absolute Gasteiger partial charge is 0.250 e. The van der Waals surface area contributed by atoms with E-state index in [1.165, 1.54) is 21.3 Å². The highest BCUT2D eigenvalue weighted by Crippen LogP contribution is 2.34. The van der Waals surface area contributed by atoms with Gasteiger partial charge in [-0.15, -0.1) is 5.10 Å². The van der Waals surface area contributed by atoms with Gasteiger partial charge in [0.15, 0.2) is 18.1 Å². The van der Waals surface area contributed by atoms with Gasteiger partial charge in [0.05, 0.1) is 22.9 Å². The van der Waals surface area contributed by atoms with Crippen molar-refractivity contribution in [3.05, 3.63) is 88.2 Å². The van der Waals surface area contributed by atoms with E-state index in [1.807, 2.05) is 12.1 Å². The Morgan fingerprint density at radius 2 is 1.92 bits per heavy atom. The van der Waals surface area contributed by atoms with Crippen LogP contribution in [-0.2, 0) is 13.7 Å². The van der Waals surface area contributed by atoms with Gasteiger partial charge in [-0.2, -0.15) is 15.0 Å². The quantitative estimate of drug-likeness (QED) is 0.402. The van der Waals surface area contributed by atoms with Crippen LogP contribution in [0.5, 0.6) is 5.88 Å². The van der Waals surface area contributed by atoms with Crippen LogP contribution in [0, 0.1) is 22.7 Å². The summed E-state index contributed by atoms with van der Waals surface area (Å²) in [7, 11) is 1.65. The fraction of sp³-hybridized carbons (Fsp3) is 0.0800. The van der Waals surface area contributed by atoms with Gasteiger partial charge in [0.2, 0.25) is 17.4 Å². The molecule has 0 saturated heterocycles. The summed E-state index contributed by atoms with van der Waals surface area (Å²) in [5.74, 6) is 0.523. The Kier molecular flexibility index (Phi) is 5.57. The first kappa shape index (κ1) is 22.3. The van der Waals surface area contributed by atoms with Crippen molar-refractivity contribution in [1.29, 1.82) is 10.5 Å². The van der Waals surface area contributed by atoms with Gasteiger partial charge in [-0.3, -0.25) is 4.79 Å². The van der Waals surface area contributed by atoms with Crippen LogP contribution >= 0.6 is 0 Å². The molecule has 0 atom stereocenters. The monoisotopic (exact) mass is 475 g/mol. The van der Waals surface area contributed by atoms with Crippen molar-refractivity contribution < 1.29 is 4.74 Å². The molecule has 5 aromatic rings. The Balaban J connectivity index is 1.69. The third kappa shape index (κ3) is 3.97. The minimum Gasteiger partial charge on any atom is -0.468 e. The van der Waals surface area contributed by atoms with Gasteiger partial charge >= 0.3 is 0 Å². The Morgan fingerprint density at radius 1 is 1.06 bits per heavy atom. The molecule has 0 radical (unpaired) electrons. The molecule has 4 aromatic heterocycles. The molecule has 0 saturated carbocycles. The van der Waals surface area contributed by atoms with E-state index >= 15 is 0 Å². The number of aromatic nitrogens is 6. The summed E-state index contributed by atoms with van der Waals surface area (Å²) in [6.07, 6.45) is 3.19. The fourth-order valence-corrected chi connectivity index (χ4v) is 3.74. The van der Waals surface area contributed by atoms with E-state index in [9.17, 15) is 15.3 Å². The molecule has 2 N–H and O–H groups in total. The lowest BCUT2D eigenvalue weighted by Gasteiger charge is -2.13. The fourth-order valence-electron chi connectivity index (χ4n) is 3.74. The highest BCUT2D eigenvalue weighted by Gasteiger charge is 2.21. The van der Waals surface area contributed by atoms with E-state index in [1.54, 1.807) is 49.6 Å². The second-order valence-corrected chi connectivity index (χ2v) is 7.77. The number of nitrogen functional groups attached to an aromatic ring is 1. The van der Waals surface area contributed by atoms with E-state index in [0.29, 0.717) is 33.6 Å². The number of rotatable bonds is 5. The van der Waals surface area contributed by atoms with Crippen molar-refractivity contribution >= 4 is 11.6 Å². The number of hydrogen-bond acceptors (Lipinski definition) is 9. The molecule has 0 amide bonds. The Bertz CT molecular complexity index is 1770. The van der Waals surface area contributed by atoms with Gasteiger partial charge in [-0.25, -0.2) is 15.0 Å². The second-order valence-electron chi connectivity index (χ2n) is 7.77. The summed E-state index contributed by atoms with van der Waals surface area (Å²) in [4.78, 5) is 25.4. The summed E-state index contributed by atoms with van der Waals surface area (Å²) in [5, 5.41) is 23.1. The number of aryl methyl sites for hydroxylation is 1. The first-order valence-corrected chi connectivity index (χ1v) is 10.7. The summed E-state index contributed by atoms with van der Waals surface area (Å²) in [5.41, 5.74) is 9.58. The van der Waals surface area contributed by atoms with Crippen molar-refractivity contribution in [1.82, 2.24) is 29.1 Å². The molecule has 4 heterocycles. The topological polar surface area (TPSA) is 161 Å². The first-order chi connectivity index (χ1) is 17.5. The van der Waals surface area contributed by atoms with Gasteiger partial charge < -0.3 is 15.0 Å². The number of nitrogens with two attached hydrogens (primary N) is 1. The zero-order chi connectivity index (χ0) is 25.2. The van der Waals surface area contributed by atoms with Gasteiger partial charge in [0.1, 0.15) is 11.6 Å². The summed E-state index contributed by atoms with van der Waals surface area (Å²) in [6, 6.07) is 17.5. The van der Waals surface area contributed by atoms with Crippen LogP contribution in [-0.4, -0.2) is 29.1 Å². The van der Waals surface area contributed by atoms with Crippen molar-refractivity contribution in [2.24, 2.45) is 7.05 Å². The maximum atomic E-state index is 12.0. The average molecular weight is 475 g/mol. The molecule has 0 aliphatic rings. The summed E-state index contributed by atoms with van der Waals surface area (Å²) >= 11 is 0. The molecule has 5 rings (SSSR count). The number of nitrogens with zero attached hydrogens (tertiary/aromatic N) is 8. The molecular weight excluding hydrogens is 458 g/mol. The largest absolute Gasteiger partial charge is 0.468 e. The number of fused-ring (bicyclic) bond motifs is 1.